The summed E-state index contributed by atoms with van der Waals surface area (Å²) in [4.78, 5) is 26.0. The van der Waals surface area contributed by atoms with E-state index >= 15 is 0 Å². The Kier molecular flexibility index (Phi) is 9.93. The molecule has 3 aromatic rings. The number of ether oxygens (including phenoxy) is 5. The average molecular weight is 533 g/mol. The van der Waals surface area contributed by atoms with Crippen LogP contribution in [0.15, 0.2) is 97.6 Å². The monoisotopic (exact) mass is 532 g/mol. The SMILES string of the molecule is C=CC[C@@H]1OC(c2ccc(OC)cc2)OC[C@H]1N(NC(=O)OCc1ccccc1)C(=O)OCc1ccccc1. The largest absolute Gasteiger partial charge is 0.497 e. The van der Waals surface area contributed by atoms with Crippen LogP contribution in [0.3, 0.4) is 0 Å². The Balaban J connectivity index is 1.48. The van der Waals surface area contributed by atoms with Crippen molar-refractivity contribution in [1.29, 1.82) is 0 Å². The van der Waals surface area contributed by atoms with E-state index in [1.54, 1.807) is 13.2 Å². The highest BCUT2D eigenvalue weighted by Crippen LogP contribution is 2.31. The summed E-state index contributed by atoms with van der Waals surface area (Å²) in [5, 5.41) is 1.08. The third kappa shape index (κ3) is 7.83. The van der Waals surface area contributed by atoms with Gasteiger partial charge in [-0.3, -0.25) is 0 Å². The average Bonchev–Trinajstić information content (AvgIpc) is 2.99. The first-order valence-electron chi connectivity index (χ1n) is 12.6. The van der Waals surface area contributed by atoms with Crippen LogP contribution < -0.4 is 10.2 Å². The van der Waals surface area contributed by atoms with Gasteiger partial charge in [0.15, 0.2) is 6.29 Å². The van der Waals surface area contributed by atoms with E-state index in [-0.39, 0.29) is 19.8 Å². The predicted molar refractivity (Wildman–Crippen MR) is 143 cm³/mol. The summed E-state index contributed by atoms with van der Waals surface area (Å²) in [6, 6.07) is 25.1. The molecule has 0 spiro atoms. The smallest absolute Gasteiger partial charge is 0.429 e. The van der Waals surface area contributed by atoms with Crippen molar-refractivity contribution in [1.82, 2.24) is 10.4 Å². The summed E-state index contributed by atoms with van der Waals surface area (Å²) in [6.45, 7) is 3.95. The number of benzene rings is 3. The number of amides is 2. The van der Waals surface area contributed by atoms with Crippen LogP contribution in [0.4, 0.5) is 9.59 Å². The Morgan fingerprint density at radius 2 is 1.56 bits per heavy atom. The highest BCUT2D eigenvalue weighted by molar-refractivity contribution is 5.74. The topological polar surface area (TPSA) is 95.6 Å². The molecule has 9 heteroatoms. The van der Waals surface area contributed by atoms with Gasteiger partial charge in [-0.2, -0.15) is 0 Å². The zero-order chi connectivity index (χ0) is 27.5. The third-order valence-corrected chi connectivity index (χ3v) is 6.09. The van der Waals surface area contributed by atoms with Gasteiger partial charge in [0, 0.05) is 5.56 Å². The van der Waals surface area contributed by atoms with Crippen molar-refractivity contribution < 1.29 is 33.3 Å². The predicted octanol–water partition coefficient (Wildman–Crippen LogP) is 5.53. The molecule has 0 bridgehead atoms. The first-order valence-corrected chi connectivity index (χ1v) is 12.6. The van der Waals surface area contributed by atoms with Crippen molar-refractivity contribution in [3.8, 4) is 5.75 Å². The van der Waals surface area contributed by atoms with E-state index in [4.69, 9.17) is 23.7 Å². The Morgan fingerprint density at radius 1 is 0.949 bits per heavy atom. The molecule has 9 nitrogen and oxygen atoms in total. The number of carbonyl (C=O) groups excluding carboxylic acids is 2. The molecule has 2 amide bonds. The molecule has 0 aromatic heterocycles. The second-order valence-corrected chi connectivity index (χ2v) is 8.79. The van der Waals surface area contributed by atoms with Gasteiger partial charge in [0.25, 0.3) is 0 Å². The molecule has 3 atom stereocenters. The van der Waals surface area contributed by atoms with E-state index in [0.717, 1.165) is 21.7 Å². The van der Waals surface area contributed by atoms with E-state index in [2.05, 4.69) is 12.0 Å². The van der Waals surface area contributed by atoms with Crippen LogP contribution in [0, 0.1) is 0 Å². The lowest BCUT2D eigenvalue weighted by molar-refractivity contribution is -0.243. The molecule has 0 radical (unpaired) electrons. The second-order valence-electron chi connectivity index (χ2n) is 8.79. The molecule has 1 fully saturated rings. The number of nitrogens with zero attached hydrogens (tertiary/aromatic N) is 1. The van der Waals surface area contributed by atoms with Gasteiger partial charge in [-0.1, -0.05) is 78.9 Å². The van der Waals surface area contributed by atoms with Crippen molar-refractivity contribution in [2.45, 2.75) is 38.1 Å². The number of rotatable bonds is 9. The van der Waals surface area contributed by atoms with E-state index in [1.165, 1.54) is 0 Å². The lowest BCUT2D eigenvalue weighted by Gasteiger charge is -2.41. The van der Waals surface area contributed by atoms with Crippen LogP contribution in [-0.2, 0) is 32.2 Å². The maximum Gasteiger partial charge on any atom is 0.429 e. The maximum atomic E-state index is 13.3. The van der Waals surface area contributed by atoms with E-state index in [9.17, 15) is 9.59 Å². The first-order chi connectivity index (χ1) is 19.1. The summed E-state index contributed by atoms with van der Waals surface area (Å²) >= 11 is 0. The van der Waals surface area contributed by atoms with Crippen LogP contribution in [0.5, 0.6) is 5.75 Å². The van der Waals surface area contributed by atoms with Crippen LogP contribution in [0.25, 0.3) is 0 Å². The Bertz CT molecular complexity index is 1210. The lowest BCUT2D eigenvalue weighted by Crippen LogP contribution is -2.60. The summed E-state index contributed by atoms with van der Waals surface area (Å²) in [5.41, 5.74) is 4.94. The standard InChI is InChI=1S/C30H32N2O7/c1-3-10-27-26(21-36-28(39-27)24-15-17-25(35-2)18-16-24)32(30(34)38-20-23-13-8-5-9-14-23)31-29(33)37-19-22-11-6-4-7-12-22/h3-9,11-18,26-28H,1,10,19-21H2,2H3,(H,31,33)/t26-,27+,28?/m1/s1. The minimum absolute atomic E-state index is 0.0198. The van der Waals surface area contributed by atoms with Gasteiger partial charge in [-0.15, -0.1) is 6.58 Å². The molecule has 4 rings (SSSR count). The Hall–Kier alpha value is -4.34. The van der Waals surface area contributed by atoms with Gasteiger partial charge >= 0.3 is 12.2 Å². The molecule has 1 unspecified atom stereocenters. The molecule has 1 saturated heterocycles. The van der Waals surface area contributed by atoms with Crippen LogP contribution in [0.1, 0.15) is 29.4 Å². The normalized spacial score (nSPS) is 18.4. The van der Waals surface area contributed by atoms with Crippen LogP contribution in [-0.4, -0.2) is 43.1 Å². The van der Waals surface area contributed by atoms with Gasteiger partial charge < -0.3 is 23.7 Å². The van der Waals surface area contributed by atoms with Gasteiger partial charge in [-0.25, -0.2) is 20.0 Å². The number of hydrogen-bond donors (Lipinski definition) is 1. The van der Waals surface area contributed by atoms with Crippen molar-refractivity contribution >= 4 is 12.2 Å². The fourth-order valence-electron chi connectivity index (χ4n) is 4.04. The van der Waals surface area contributed by atoms with Crippen molar-refractivity contribution in [2.24, 2.45) is 0 Å². The summed E-state index contributed by atoms with van der Waals surface area (Å²) in [6.07, 6.45) is -0.736. The second kappa shape index (κ2) is 14.0. The summed E-state index contributed by atoms with van der Waals surface area (Å²) in [7, 11) is 1.59. The molecule has 204 valence electrons. The molecule has 3 aromatic carbocycles. The highest BCUT2D eigenvalue weighted by Gasteiger charge is 2.40. The Morgan fingerprint density at radius 3 is 2.15 bits per heavy atom. The molecular weight excluding hydrogens is 500 g/mol. The van der Waals surface area contributed by atoms with Crippen molar-refractivity contribution in [3.05, 3.63) is 114 Å². The third-order valence-electron chi connectivity index (χ3n) is 6.09. The van der Waals surface area contributed by atoms with Crippen molar-refractivity contribution in [3.63, 3.8) is 0 Å². The van der Waals surface area contributed by atoms with Gasteiger partial charge in [0.2, 0.25) is 0 Å². The van der Waals surface area contributed by atoms with E-state index in [1.807, 2.05) is 84.9 Å². The fourth-order valence-corrected chi connectivity index (χ4v) is 4.04. The van der Waals surface area contributed by atoms with E-state index < -0.39 is 30.6 Å². The van der Waals surface area contributed by atoms with Gasteiger partial charge in [0.05, 0.1) is 19.8 Å². The molecule has 1 aliphatic rings. The molecule has 1 aliphatic heterocycles. The number of hydrazine groups is 1. The minimum Gasteiger partial charge on any atom is -0.497 e. The van der Waals surface area contributed by atoms with Gasteiger partial charge in [-0.05, 0) is 29.7 Å². The molecular formula is C30H32N2O7. The lowest BCUT2D eigenvalue weighted by atomic mass is 10.1. The van der Waals surface area contributed by atoms with Gasteiger partial charge in [0.1, 0.15) is 25.0 Å². The quantitative estimate of drug-likeness (QED) is 0.286. The van der Waals surface area contributed by atoms with E-state index in [0.29, 0.717) is 12.2 Å². The number of hydrogen-bond acceptors (Lipinski definition) is 7. The zero-order valence-electron chi connectivity index (χ0n) is 21.7. The fraction of sp³-hybridized carbons (Fsp3) is 0.267. The number of nitrogens with one attached hydrogen (secondary N) is 1. The minimum atomic E-state index is -0.815. The molecule has 0 aliphatic carbocycles. The van der Waals surface area contributed by atoms with Crippen molar-refractivity contribution in [2.75, 3.05) is 13.7 Å². The first kappa shape index (κ1) is 27.7. The molecule has 0 saturated carbocycles. The number of carbonyl (C=O) groups is 2. The zero-order valence-corrected chi connectivity index (χ0v) is 21.7. The molecule has 1 heterocycles. The number of methoxy groups -OCH3 is 1. The summed E-state index contributed by atoms with van der Waals surface area (Å²) < 4.78 is 28.3. The summed E-state index contributed by atoms with van der Waals surface area (Å²) in [5.74, 6) is 0.709. The van der Waals surface area contributed by atoms with Crippen LogP contribution in [0.2, 0.25) is 0 Å². The maximum absolute atomic E-state index is 13.3. The molecule has 39 heavy (non-hydrogen) atoms. The Labute approximate surface area is 227 Å². The highest BCUT2D eigenvalue weighted by atomic mass is 16.7. The van der Waals surface area contributed by atoms with Crippen LogP contribution >= 0.6 is 0 Å². The molecule has 1 N–H and O–H groups in total.